The molecule has 2 aliphatic heterocycles. The van der Waals surface area contributed by atoms with Crippen LogP contribution in [0.25, 0.3) is 0 Å². The lowest BCUT2D eigenvalue weighted by molar-refractivity contribution is -0.138. The Morgan fingerprint density at radius 1 is 1.45 bits per heavy atom. The van der Waals surface area contributed by atoms with Crippen LogP contribution in [-0.4, -0.2) is 48.7 Å². The second-order valence-corrected chi connectivity index (χ2v) is 5.90. The lowest BCUT2D eigenvalue weighted by Gasteiger charge is -2.38. The highest BCUT2D eigenvalue weighted by Gasteiger charge is 2.44. The molecule has 2 aliphatic rings. The highest BCUT2D eigenvalue weighted by molar-refractivity contribution is 5.78. The molecule has 6 nitrogen and oxygen atoms in total. The minimum absolute atomic E-state index is 0.00229. The van der Waals surface area contributed by atoms with Gasteiger partial charge in [0, 0.05) is 6.54 Å². The van der Waals surface area contributed by atoms with Crippen molar-refractivity contribution in [3.05, 3.63) is 29.8 Å². The third kappa shape index (κ3) is 3.00. The largest absolute Gasteiger partial charge is 0.484 e. The highest BCUT2D eigenvalue weighted by Crippen LogP contribution is 2.28. The number of carbonyl (C=O) groups excluding carboxylic acids is 2. The number of hydrogen-bond acceptors (Lipinski definition) is 4. The van der Waals surface area contributed by atoms with Crippen LogP contribution >= 0.6 is 0 Å². The molecule has 3 rings (SSSR count). The summed E-state index contributed by atoms with van der Waals surface area (Å²) >= 11 is 0. The number of nitrogens with zero attached hydrogens (tertiary/aromatic N) is 1. The number of hydrogen-bond donors (Lipinski definition) is 1. The van der Waals surface area contributed by atoms with Crippen LogP contribution in [0.3, 0.4) is 0 Å². The quantitative estimate of drug-likeness (QED) is 0.918. The molecule has 2 fully saturated rings. The summed E-state index contributed by atoms with van der Waals surface area (Å²) in [5, 5.41) is 2.67. The number of carbonyl (C=O) groups is 2. The first-order valence-electron chi connectivity index (χ1n) is 7.51. The Hall–Kier alpha value is -2.24. The van der Waals surface area contributed by atoms with Crippen LogP contribution in [0, 0.1) is 6.92 Å². The number of alkyl carbamates (subject to hydrolysis) is 1. The van der Waals surface area contributed by atoms with Gasteiger partial charge in [0.2, 0.25) is 0 Å². The van der Waals surface area contributed by atoms with Crippen LogP contribution < -0.4 is 10.1 Å². The summed E-state index contributed by atoms with van der Waals surface area (Å²) in [6, 6.07) is 7.61. The predicted molar refractivity (Wildman–Crippen MR) is 79.7 cm³/mol. The number of rotatable bonds is 3. The number of aryl methyl sites for hydroxylation is 1. The Morgan fingerprint density at radius 3 is 3.00 bits per heavy atom. The SMILES string of the molecule is Cc1ccccc1OCC(=O)N1CCCC2(CNC(=O)O2)C1. The second-order valence-electron chi connectivity index (χ2n) is 5.90. The Bertz CT molecular complexity index is 589. The van der Waals surface area contributed by atoms with E-state index < -0.39 is 11.7 Å². The molecule has 0 radical (unpaired) electrons. The van der Waals surface area contributed by atoms with Crippen LogP contribution in [0.2, 0.25) is 0 Å². The summed E-state index contributed by atoms with van der Waals surface area (Å²) in [5.41, 5.74) is 0.438. The molecule has 1 unspecified atom stereocenters. The minimum atomic E-state index is -0.562. The van der Waals surface area contributed by atoms with Gasteiger partial charge < -0.3 is 19.7 Å². The van der Waals surface area contributed by atoms with Gasteiger partial charge in [-0.3, -0.25) is 4.79 Å². The third-order valence-electron chi connectivity index (χ3n) is 4.20. The minimum Gasteiger partial charge on any atom is -0.484 e. The van der Waals surface area contributed by atoms with Gasteiger partial charge in [-0.1, -0.05) is 18.2 Å². The molecule has 1 N–H and O–H groups in total. The van der Waals surface area contributed by atoms with E-state index in [9.17, 15) is 9.59 Å². The number of para-hydroxylation sites is 1. The molecule has 1 aromatic carbocycles. The monoisotopic (exact) mass is 304 g/mol. The fourth-order valence-corrected chi connectivity index (χ4v) is 2.99. The first kappa shape index (κ1) is 14.7. The average Bonchev–Trinajstić information content (AvgIpc) is 2.86. The summed E-state index contributed by atoms with van der Waals surface area (Å²) < 4.78 is 11.0. The Morgan fingerprint density at radius 2 is 2.27 bits per heavy atom. The van der Waals surface area contributed by atoms with E-state index in [2.05, 4.69) is 5.32 Å². The Balaban J connectivity index is 1.58. The number of amides is 2. The number of likely N-dealkylation sites (tertiary alicyclic amines) is 1. The number of piperidine rings is 1. The summed E-state index contributed by atoms with van der Waals surface area (Å²) in [5.74, 6) is 0.641. The molecule has 0 saturated carbocycles. The van der Waals surface area contributed by atoms with Gasteiger partial charge in [-0.15, -0.1) is 0 Å². The zero-order chi connectivity index (χ0) is 15.6. The maximum Gasteiger partial charge on any atom is 0.407 e. The van der Waals surface area contributed by atoms with E-state index in [4.69, 9.17) is 9.47 Å². The number of benzene rings is 1. The fraction of sp³-hybridized carbons (Fsp3) is 0.500. The molecule has 22 heavy (non-hydrogen) atoms. The summed E-state index contributed by atoms with van der Waals surface area (Å²) in [7, 11) is 0. The summed E-state index contributed by atoms with van der Waals surface area (Å²) in [6.07, 6.45) is 1.21. The van der Waals surface area contributed by atoms with Crippen LogP contribution in [0.15, 0.2) is 24.3 Å². The molecule has 2 heterocycles. The van der Waals surface area contributed by atoms with E-state index in [-0.39, 0.29) is 12.5 Å². The standard InChI is InChI=1S/C16H20N2O4/c1-12-5-2-3-6-13(12)21-9-14(19)18-8-4-7-16(11-18)10-17-15(20)22-16/h2-3,5-6H,4,7-11H2,1H3,(H,17,20). The van der Waals surface area contributed by atoms with Crippen molar-refractivity contribution >= 4 is 12.0 Å². The van der Waals surface area contributed by atoms with Gasteiger partial charge in [-0.2, -0.15) is 0 Å². The predicted octanol–water partition coefficient (Wildman–Crippen LogP) is 1.47. The molecular weight excluding hydrogens is 284 g/mol. The van der Waals surface area contributed by atoms with E-state index in [0.29, 0.717) is 19.6 Å². The maximum absolute atomic E-state index is 12.3. The van der Waals surface area contributed by atoms with Crippen molar-refractivity contribution in [2.75, 3.05) is 26.2 Å². The zero-order valence-corrected chi connectivity index (χ0v) is 12.6. The zero-order valence-electron chi connectivity index (χ0n) is 12.6. The molecule has 2 saturated heterocycles. The van der Waals surface area contributed by atoms with Gasteiger partial charge in [0.15, 0.2) is 6.61 Å². The molecule has 118 valence electrons. The highest BCUT2D eigenvalue weighted by atomic mass is 16.6. The van der Waals surface area contributed by atoms with Crippen molar-refractivity contribution in [2.45, 2.75) is 25.4 Å². The summed E-state index contributed by atoms with van der Waals surface area (Å²) in [6.45, 7) is 3.52. The van der Waals surface area contributed by atoms with Crippen LogP contribution in [-0.2, 0) is 9.53 Å². The molecular formula is C16H20N2O4. The normalized spacial score (nSPS) is 24.0. The van der Waals surface area contributed by atoms with E-state index in [1.807, 2.05) is 31.2 Å². The van der Waals surface area contributed by atoms with Crippen molar-refractivity contribution in [1.82, 2.24) is 10.2 Å². The van der Waals surface area contributed by atoms with Crippen molar-refractivity contribution in [1.29, 1.82) is 0 Å². The van der Waals surface area contributed by atoms with Crippen LogP contribution in [0.5, 0.6) is 5.75 Å². The molecule has 1 aromatic rings. The fourth-order valence-electron chi connectivity index (χ4n) is 2.99. The van der Waals surface area contributed by atoms with Gasteiger partial charge in [-0.05, 0) is 31.4 Å². The number of nitrogens with one attached hydrogen (secondary N) is 1. The average molecular weight is 304 g/mol. The van der Waals surface area contributed by atoms with Crippen LogP contribution in [0.1, 0.15) is 18.4 Å². The van der Waals surface area contributed by atoms with Gasteiger partial charge in [0.1, 0.15) is 11.4 Å². The van der Waals surface area contributed by atoms with E-state index >= 15 is 0 Å². The molecule has 6 heteroatoms. The van der Waals surface area contributed by atoms with Gasteiger partial charge in [0.05, 0.1) is 13.1 Å². The van der Waals surface area contributed by atoms with Gasteiger partial charge >= 0.3 is 6.09 Å². The second kappa shape index (κ2) is 5.87. The molecule has 0 bridgehead atoms. The van der Waals surface area contributed by atoms with E-state index in [1.165, 1.54) is 0 Å². The van der Waals surface area contributed by atoms with Crippen molar-refractivity contribution in [3.8, 4) is 5.75 Å². The molecule has 1 spiro atoms. The Labute approximate surface area is 129 Å². The first-order valence-corrected chi connectivity index (χ1v) is 7.51. The van der Waals surface area contributed by atoms with Gasteiger partial charge in [-0.25, -0.2) is 4.79 Å². The molecule has 0 aliphatic carbocycles. The molecule has 0 aromatic heterocycles. The van der Waals surface area contributed by atoms with E-state index in [1.54, 1.807) is 4.90 Å². The smallest absolute Gasteiger partial charge is 0.407 e. The van der Waals surface area contributed by atoms with Crippen molar-refractivity contribution < 1.29 is 19.1 Å². The lowest BCUT2D eigenvalue weighted by atomic mass is 9.93. The van der Waals surface area contributed by atoms with Crippen molar-refractivity contribution in [3.63, 3.8) is 0 Å². The third-order valence-corrected chi connectivity index (χ3v) is 4.20. The maximum atomic E-state index is 12.3. The molecule has 1 atom stereocenters. The first-order chi connectivity index (χ1) is 10.6. The van der Waals surface area contributed by atoms with Crippen molar-refractivity contribution in [2.24, 2.45) is 0 Å². The Kier molecular flexibility index (Phi) is 3.92. The van der Waals surface area contributed by atoms with E-state index in [0.717, 1.165) is 24.2 Å². The van der Waals surface area contributed by atoms with Gasteiger partial charge in [0.25, 0.3) is 5.91 Å². The summed E-state index contributed by atoms with van der Waals surface area (Å²) in [4.78, 5) is 25.3. The van der Waals surface area contributed by atoms with Crippen LogP contribution in [0.4, 0.5) is 4.79 Å². The number of ether oxygens (including phenoxy) is 2. The topological polar surface area (TPSA) is 67.9 Å². The lowest BCUT2D eigenvalue weighted by Crippen LogP contribution is -2.53. The molecule has 2 amide bonds.